The van der Waals surface area contributed by atoms with E-state index in [0.29, 0.717) is 25.7 Å². The molecule has 1 aromatic carbocycles. The number of aliphatic imine (C=N–C) groups is 1. The van der Waals surface area contributed by atoms with Crippen molar-refractivity contribution < 1.29 is 14.6 Å². The quantitative estimate of drug-likeness (QED) is 0.221. The zero-order chi connectivity index (χ0) is 16.9. The van der Waals surface area contributed by atoms with Crippen LogP contribution in [0.5, 0.6) is 5.75 Å². The van der Waals surface area contributed by atoms with Crippen LogP contribution in [-0.2, 0) is 4.74 Å². The Morgan fingerprint density at radius 3 is 2.79 bits per heavy atom. The van der Waals surface area contributed by atoms with Gasteiger partial charge in [0.15, 0.2) is 5.96 Å². The van der Waals surface area contributed by atoms with E-state index in [-0.39, 0.29) is 36.5 Å². The monoisotopic (exact) mass is 451 g/mol. The normalized spacial score (nSPS) is 12.2. The molecule has 0 aliphatic carbocycles. The number of nitrogens with one attached hydrogen (secondary N) is 2. The van der Waals surface area contributed by atoms with Crippen molar-refractivity contribution in [2.75, 3.05) is 45.3 Å². The molecule has 0 aliphatic heterocycles. The van der Waals surface area contributed by atoms with E-state index in [4.69, 9.17) is 14.6 Å². The molecule has 0 radical (unpaired) electrons. The van der Waals surface area contributed by atoms with Gasteiger partial charge in [-0.25, -0.2) is 0 Å². The van der Waals surface area contributed by atoms with Crippen molar-refractivity contribution in [2.45, 2.75) is 20.3 Å². The summed E-state index contributed by atoms with van der Waals surface area (Å²) in [6.07, 6.45) is 0.858. The molecule has 0 spiro atoms. The van der Waals surface area contributed by atoms with Gasteiger partial charge in [0.05, 0.1) is 6.61 Å². The Hall–Kier alpha value is -1.06. The van der Waals surface area contributed by atoms with Crippen molar-refractivity contribution >= 4 is 35.6 Å². The second-order valence-corrected chi connectivity index (χ2v) is 5.36. The average Bonchev–Trinajstić information content (AvgIpc) is 2.57. The summed E-state index contributed by atoms with van der Waals surface area (Å²) in [6.45, 7) is 6.76. The average molecular weight is 451 g/mol. The van der Waals surface area contributed by atoms with Crippen LogP contribution in [0, 0.1) is 5.92 Å². The minimum absolute atomic E-state index is 0. The molecule has 0 saturated carbocycles. The summed E-state index contributed by atoms with van der Waals surface area (Å²) in [7, 11) is 1.68. The molecular formula is C17H30IN3O3. The summed E-state index contributed by atoms with van der Waals surface area (Å²) < 4.78 is 10.7. The highest BCUT2D eigenvalue weighted by atomic mass is 127. The predicted octanol–water partition coefficient (Wildman–Crippen LogP) is 2.73. The molecule has 1 atom stereocenters. The fourth-order valence-electron chi connectivity index (χ4n) is 1.81. The maximum atomic E-state index is 9.09. The van der Waals surface area contributed by atoms with Gasteiger partial charge in [0, 0.05) is 51.6 Å². The number of ether oxygens (including phenoxy) is 2. The van der Waals surface area contributed by atoms with Gasteiger partial charge in [0.2, 0.25) is 0 Å². The number of benzene rings is 1. The number of rotatable bonds is 10. The van der Waals surface area contributed by atoms with Crippen LogP contribution in [0.1, 0.15) is 20.3 Å². The summed E-state index contributed by atoms with van der Waals surface area (Å²) >= 11 is 0. The number of methoxy groups -OCH3 is 1. The second kappa shape index (κ2) is 14.3. The van der Waals surface area contributed by atoms with Gasteiger partial charge in [-0.2, -0.15) is 0 Å². The summed E-state index contributed by atoms with van der Waals surface area (Å²) in [5, 5.41) is 15.5. The van der Waals surface area contributed by atoms with Crippen LogP contribution < -0.4 is 15.4 Å². The highest BCUT2D eigenvalue weighted by Gasteiger charge is 2.03. The van der Waals surface area contributed by atoms with Gasteiger partial charge >= 0.3 is 0 Å². The van der Waals surface area contributed by atoms with Crippen LogP contribution in [0.25, 0.3) is 0 Å². The third-order valence-electron chi connectivity index (χ3n) is 3.08. The molecule has 0 amide bonds. The molecule has 1 rings (SSSR count). The second-order valence-electron chi connectivity index (χ2n) is 5.36. The van der Waals surface area contributed by atoms with Gasteiger partial charge in [-0.1, -0.05) is 13.0 Å². The number of aliphatic hydroxyl groups excluding tert-OH is 1. The first-order valence-corrected chi connectivity index (χ1v) is 8.07. The number of aliphatic hydroxyl groups is 1. The van der Waals surface area contributed by atoms with Crippen molar-refractivity contribution in [3.8, 4) is 5.75 Å². The van der Waals surface area contributed by atoms with Crippen LogP contribution in [0.3, 0.4) is 0 Å². The molecule has 1 unspecified atom stereocenters. The molecule has 0 aliphatic rings. The lowest BCUT2D eigenvalue weighted by molar-refractivity contribution is 0.172. The smallest absolute Gasteiger partial charge is 0.195 e. The molecule has 7 heteroatoms. The standard InChI is InChI=1S/C17H29N3O3.HI/c1-4-18-17(19-12-14(2)13-21)20-15-7-5-8-16(11-15)23-10-6-9-22-3;/h5,7-8,11,14,21H,4,6,9-10,12-13H2,1-3H3,(H2,18,19,20);1H. The van der Waals surface area contributed by atoms with E-state index < -0.39 is 0 Å². The van der Waals surface area contributed by atoms with Crippen LogP contribution in [0.2, 0.25) is 0 Å². The van der Waals surface area contributed by atoms with Crippen molar-refractivity contribution in [1.29, 1.82) is 0 Å². The van der Waals surface area contributed by atoms with Gasteiger partial charge in [-0.15, -0.1) is 24.0 Å². The number of nitrogens with zero attached hydrogens (tertiary/aromatic N) is 1. The van der Waals surface area contributed by atoms with Gasteiger partial charge < -0.3 is 25.2 Å². The summed E-state index contributed by atoms with van der Waals surface area (Å²) in [5.41, 5.74) is 0.908. The van der Waals surface area contributed by atoms with Crippen LogP contribution in [0.4, 0.5) is 5.69 Å². The molecule has 3 N–H and O–H groups in total. The Kier molecular flexibility index (Phi) is 13.7. The Labute approximate surface area is 162 Å². The van der Waals surface area contributed by atoms with Crippen LogP contribution in [-0.4, -0.2) is 51.1 Å². The zero-order valence-electron chi connectivity index (χ0n) is 14.7. The largest absolute Gasteiger partial charge is 0.493 e. The third kappa shape index (κ3) is 9.94. The lowest BCUT2D eigenvalue weighted by Gasteiger charge is -2.13. The molecule has 24 heavy (non-hydrogen) atoms. The Morgan fingerprint density at radius 1 is 1.33 bits per heavy atom. The van der Waals surface area contributed by atoms with Crippen molar-refractivity contribution in [3.05, 3.63) is 24.3 Å². The maximum Gasteiger partial charge on any atom is 0.195 e. The van der Waals surface area contributed by atoms with Crippen LogP contribution in [0.15, 0.2) is 29.3 Å². The minimum atomic E-state index is 0. The van der Waals surface area contributed by atoms with E-state index in [1.165, 1.54) is 0 Å². The number of halogens is 1. The van der Waals surface area contributed by atoms with E-state index in [1.807, 2.05) is 38.1 Å². The number of hydrogen-bond acceptors (Lipinski definition) is 4. The number of guanidine groups is 1. The molecule has 1 aromatic rings. The van der Waals surface area contributed by atoms with Gasteiger partial charge in [0.1, 0.15) is 5.75 Å². The Balaban J connectivity index is 0.00000529. The molecular weight excluding hydrogens is 421 g/mol. The molecule has 0 saturated heterocycles. The van der Waals surface area contributed by atoms with Crippen molar-refractivity contribution in [3.63, 3.8) is 0 Å². The molecule has 0 bridgehead atoms. The van der Waals surface area contributed by atoms with Crippen LogP contribution >= 0.6 is 24.0 Å². The number of hydrogen-bond donors (Lipinski definition) is 3. The maximum absolute atomic E-state index is 9.09. The lowest BCUT2D eigenvalue weighted by Crippen LogP contribution is -2.31. The Morgan fingerprint density at radius 2 is 2.12 bits per heavy atom. The first kappa shape index (κ1) is 22.9. The van der Waals surface area contributed by atoms with Gasteiger partial charge in [-0.05, 0) is 25.0 Å². The van der Waals surface area contributed by atoms with Crippen molar-refractivity contribution in [1.82, 2.24) is 5.32 Å². The minimum Gasteiger partial charge on any atom is -0.493 e. The first-order chi connectivity index (χ1) is 11.2. The molecule has 6 nitrogen and oxygen atoms in total. The van der Waals surface area contributed by atoms with Gasteiger partial charge in [-0.3, -0.25) is 4.99 Å². The van der Waals surface area contributed by atoms with E-state index in [1.54, 1.807) is 7.11 Å². The third-order valence-corrected chi connectivity index (χ3v) is 3.08. The zero-order valence-corrected chi connectivity index (χ0v) is 17.1. The number of anilines is 1. The predicted molar refractivity (Wildman–Crippen MR) is 110 cm³/mol. The SMILES string of the molecule is CCNC(=NCC(C)CO)Nc1cccc(OCCCOC)c1.I. The topological polar surface area (TPSA) is 75.1 Å². The van der Waals surface area contributed by atoms with E-state index >= 15 is 0 Å². The van der Waals surface area contributed by atoms with Gasteiger partial charge in [0.25, 0.3) is 0 Å². The first-order valence-electron chi connectivity index (χ1n) is 8.07. The summed E-state index contributed by atoms with van der Waals surface area (Å²) in [4.78, 5) is 4.47. The molecule has 0 fully saturated rings. The summed E-state index contributed by atoms with van der Waals surface area (Å²) in [6, 6.07) is 7.77. The highest BCUT2D eigenvalue weighted by Crippen LogP contribution is 2.17. The van der Waals surface area contributed by atoms with E-state index in [0.717, 1.165) is 24.4 Å². The van der Waals surface area contributed by atoms with E-state index in [9.17, 15) is 0 Å². The molecule has 138 valence electrons. The molecule has 0 heterocycles. The Bertz CT molecular complexity index is 472. The highest BCUT2D eigenvalue weighted by molar-refractivity contribution is 14.0. The lowest BCUT2D eigenvalue weighted by atomic mass is 10.2. The fourth-order valence-corrected chi connectivity index (χ4v) is 1.81. The molecule has 0 aromatic heterocycles. The van der Waals surface area contributed by atoms with E-state index in [2.05, 4.69) is 15.6 Å². The fraction of sp³-hybridized carbons (Fsp3) is 0.588. The summed E-state index contributed by atoms with van der Waals surface area (Å²) in [5.74, 6) is 1.65. The van der Waals surface area contributed by atoms with Crippen molar-refractivity contribution in [2.24, 2.45) is 10.9 Å².